The summed E-state index contributed by atoms with van der Waals surface area (Å²) in [6.45, 7) is 0.479. The molecule has 0 aliphatic rings. The van der Waals surface area contributed by atoms with Gasteiger partial charge in [0.25, 0.3) is 0 Å². The molecule has 0 unspecified atom stereocenters. The molecule has 0 saturated carbocycles. The van der Waals surface area contributed by atoms with E-state index in [2.05, 4.69) is 16.4 Å². The fraction of sp³-hybridized carbons (Fsp3) is 0.118. The summed E-state index contributed by atoms with van der Waals surface area (Å²) in [5.41, 5.74) is 1.73. The summed E-state index contributed by atoms with van der Waals surface area (Å²) in [6.07, 6.45) is 3.65. The maximum absolute atomic E-state index is 13.2. The third kappa shape index (κ3) is 3.31. The minimum atomic E-state index is -0.289. The fourth-order valence-electron chi connectivity index (χ4n) is 2.13. The van der Waals surface area contributed by atoms with Crippen molar-refractivity contribution in [2.45, 2.75) is 11.4 Å². The maximum atomic E-state index is 13.2. The van der Waals surface area contributed by atoms with Gasteiger partial charge in [0.1, 0.15) is 5.82 Å². The largest absolute Gasteiger partial charge is 0.439 e. The molecule has 1 aromatic heterocycles. The summed E-state index contributed by atoms with van der Waals surface area (Å²) in [7, 11) is 0. The number of halogens is 1. The van der Waals surface area contributed by atoms with E-state index in [0.29, 0.717) is 23.8 Å². The van der Waals surface area contributed by atoms with Gasteiger partial charge in [-0.05, 0) is 30.5 Å². The number of thioether (sulfide) groups is 1. The normalized spacial score (nSPS) is 10.6. The lowest BCUT2D eigenvalue weighted by Crippen LogP contribution is -2.00. The number of nitrogens with zero attached hydrogens (tertiary/aromatic N) is 1. The second-order valence-electron chi connectivity index (χ2n) is 4.68. The smallest absolute Gasteiger partial charge is 0.214 e. The van der Waals surface area contributed by atoms with E-state index in [-0.39, 0.29) is 5.82 Å². The van der Waals surface area contributed by atoms with Crippen molar-refractivity contribution >= 4 is 17.4 Å². The van der Waals surface area contributed by atoms with E-state index in [1.54, 1.807) is 30.1 Å². The molecule has 22 heavy (non-hydrogen) atoms. The lowest BCUT2D eigenvalue weighted by Gasteiger charge is -2.08. The Balaban J connectivity index is 1.72. The lowest BCUT2D eigenvalue weighted by molar-refractivity contribution is 0.515. The number of aromatic nitrogens is 1. The number of para-hydroxylation sites is 1. The van der Waals surface area contributed by atoms with Crippen LogP contribution in [0.3, 0.4) is 0 Å². The topological polar surface area (TPSA) is 38.1 Å². The third-order valence-electron chi connectivity index (χ3n) is 3.20. The van der Waals surface area contributed by atoms with Crippen molar-refractivity contribution in [2.24, 2.45) is 0 Å². The van der Waals surface area contributed by atoms with Crippen LogP contribution >= 0.6 is 11.8 Å². The van der Waals surface area contributed by atoms with Crippen LogP contribution in [0.4, 0.5) is 10.1 Å². The highest BCUT2D eigenvalue weighted by Gasteiger charge is 2.08. The van der Waals surface area contributed by atoms with Gasteiger partial charge in [0.15, 0.2) is 5.76 Å². The van der Waals surface area contributed by atoms with Crippen LogP contribution in [-0.2, 0) is 6.54 Å². The first kappa shape index (κ1) is 14.7. The summed E-state index contributed by atoms with van der Waals surface area (Å²) in [5, 5.41) is 3.31. The van der Waals surface area contributed by atoms with Gasteiger partial charge in [0.05, 0.1) is 12.7 Å². The van der Waals surface area contributed by atoms with Gasteiger partial charge in [0, 0.05) is 16.1 Å². The Labute approximate surface area is 132 Å². The van der Waals surface area contributed by atoms with E-state index >= 15 is 0 Å². The number of benzene rings is 2. The minimum absolute atomic E-state index is 0.289. The van der Waals surface area contributed by atoms with E-state index in [1.807, 2.05) is 24.5 Å². The standard InChI is InChI=1S/C17H15FN2OS/c1-22-16-8-3-2-7-14(16)19-11-17-20-10-15(21-17)12-5-4-6-13(18)9-12/h2-10,19H,11H2,1H3. The Hall–Kier alpha value is -2.27. The molecule has 0 saturated heterocycles. The maximum Gasteiger partial charge on any atom is 0.214 e. The average molecular weight is 314 g/mol. The monoisotopic (exact) mass is 314 g/mol. The molecule has 0 radical (unpaired) electrons. The SMILES string of the molecule is CSc1ccccc1NCc1ncc(-c2cccc(F)c2)o1. The van der Waals surface area contributed by atoms with Crippen LogP contribution in [0.25, 0.3) is 11.3 Å². The number of anilines is 1. The fourth-order valence-corrected chi connectivity index (χ4v) is 2.70. The predicted octanol–water partition coefficient (Wildman–Crippen LogP) is 4.81. The van der Waals surface area contributed by atoms with Gasteiger partial charge >= 0.3 is 0 Å². The highest BCUT2D eigenvalue weighted by Crippen LogP contribution is 2.26. The van der Waals surface area contributed by atoms with Gasteiger partial charge < -0.3 is 9.73 Å². The van der Waals surface area contributed by atoms with Crippen LogP contribution in [0.5, 0.6) is 0 Å². The van der Waals surface area contributed by atoms with Gasteiger partial charge in [0.2, 0.25) is 5.89 Å². The summed E-state index contributed by atoms with van der Waals surface area (Å²) in [5.74, 6) is 0.840. The zero-order valence-electron chi connectivity index (χ0n) is 12.0. The van der Waals surface area contributed by atoms with Gasteiger partial charge in [-0.1, -0.05) is 24.3 Å². The summed E-state index contributed by atoms with van der Waals surface area (Å²) in [6, 6.07) is 14.3. The lowest BCUT2D eigenvalue weighted by atomic mass is 10.2. The van der Waals surface area contributed by atoms with Gasteiger partial charge in [-0.2, -0.15) is 0 Å². The first-order valence-corrected chi connectivity index (χ1v) is 8.06. The van der Waals surface area contributed by atoms with Crippen LogP contribution in [0.1, 0.15) is 5.89 Å². The second-order valence-corrected chi connectivity index (χ2v) is 5.53. The molecule has 5 heteroatoms. The Bertz CT molecular complexity index is 773. The zero-order valence-corrected chi connectivity index (χ0v) is 12.9. The molecule has 0 aliphatic carbocycles. The molecule has 3 nitrogen and oxygen atoms in total. The van der Waals surface area contributed by atoms with Crippen LogP contribution < -0.4 is 5.32 Å². The quantitative estimate of drug-likeness (QED) is 0.686. The average Bonchev–Trinajstić information content (AvgIpc) is 3.02. The van der Waals surface area contributed by atoms with Crippen molar-refractivity contribution in [1.29, 1.82) is 0 Å². The molecule has 112 valence electrons. The van der Waals surface area contributed by atoms with Crippen molar-refractivity contribution in [2.75, 3.05) is 11.6 Å². The number of hydrogen-bond acceptors (Lipinski definition) is 4. The third-order valence-corrected chi connectivity index (χ3v) is 4.00. The Morgan fingerprint density at radius 3 is 2.86 bits per heavy atom. The van der Waals surface area contributed by atoms with E-state index in [9.17, 15) is 4.39 Å². The first-order valence-electron chi connectivity index (χ1n) is 6.84. The molecule has 0 aliphatic heterocycles. The first-order chi connectivity index (χ1) is 10.8. The molecule has 3 aromatic rings. The van der Waals surface area contributed by atoms with Crippen molar-refractivity contribution in [3.63, 3.8) is 0 Å². The van der Waals surface area contributed by atoms with Crippen molar-refractivity contribution in [3.05, 3.63) is 66.4 Å². The number of oxazole rings is 1. The summed E-state index contributed by atoms with van der Waals surface area (Å²) < 4.78 is 18.9. The van der Waals surface area contributed by atoms with Crippen molar-refractivity contribution in [1.82, 2.24) is 4.98 Å². The summed E-state index contributed by atoms with van der Waals surface area (Å²) >= 11 is 1.68. The molecule has 0 bridgehead atoms. The molecule has 1 heterocycles. The van der Waals surface area contributed by atoms with Gasteiger partial charge in [-0.25, -0.2) is 9.37 Å². The molecule has 0 fully saturated rings. The number of nitrogens with one attached hydrogen (secondary N) is 1. The van der Waals surface area contributed by atoms with Crippen LogP contribution in [0, 0.1) is 5.82 Å². The van der Waals surface area contributed by atoms with Crippen LogP contribution in [-0.4, -0.2) is 11.2 Å². The highest BCUT2D eigenvalue weighted by molar-refractivity contribution is 7.98. The van der Waals surface area contributed by atoms with Gasteiger partial charge in [-0.3, -0.25) is 0 Å². The van der Waals surface area contributed by atoms with E-state index in [1.165, 1.54) is 17.0 Å². The number of rotatable bonds is 5. The van der Waals surface area contributed by atoms with E-state index < -0.39 is 0 Å². The van der Waals surface area contributed by atoms with E-state index in [0.717, 1.165) is 5.69 Å². The Morgan fingerprint density at radius 2 is 2.05 bits per heavy atom. The summed E-state index contributed by atoms with van der Waals surface area (Å²) in [4.78, 5) is 5.40. The molecule has 0 atom stereocenters. The van der Waals surface area contributed by atoms with Crippen LogP contribution in [0.2, 0.25) is 0 Å². The highest BCUT2D eigenvalue weighted by atomic mass is 32.2. The zero-order chi connectivity index (χ0) is 15.4. The number of hydrogen-bond donors (Lipinski definition) is 1. The molecule has 0 spiro atoms. The Kier molecular flexibility index (Phi) is 4.44. The predicted molar refractivity (Wildman–Crippen MR) is 87.4 cm³/mol. The molecule has 0 amide bonds. The molecular weight excluding hydrogens is 299 g/mol. The van der Waals surface area contributed by atoms with Crippen LogP contribution in [0.15, 0.2) is 64.0 Å². The van der Waals surface area contributed by atoms with Gasteiger partial charge in [-0.15, -0.1) is 11.8 Å². The van der Waals surface area contributed by atoms with Crippen molar-refractivity contribution < 1.29 is 8.81 Å². The second kappa shape index (κ2) is 6.66. The minimum Gasteiger partial charge on any atom is -0.439 e. The molecule has 1 N–H and O–H groups in total. The van der Waals surface area contributed by atoms with E-state index in [4.69, 9.17) is 4.42 Å². The van der Waals surface area contributed by atoms with Crippen molar-refractivity contribution in [3.8, 4) is 11.3 Å². The Morgan fingerprint density at radius 1 is 1.18 bits per heavy atom. The molecule has 3 rings (SSSR count). The molecular formula is C17H15FN2OS. The molecule has 2 aromatic carbocycles.